The number of para-hydroxylation sites is 2. The van der Waals surface area contributed by atoms with E-state index in [1.165, 1.54) is 35.7 Å². The summed E-state index contributed by atoms with van der Waals surface area (Å²) in [4.78, 5) is 26.3. The lowest BCUT2D eigenvalue weighted by Gasteiger charge is -2.01. The number of anilines is 1. The van der Waals surface area contributed by atoms with Crippen molar-refractivity contribution < 1.29 is 9.18 Å². The van der Waals surface area contributed by atoms with Crippen LogP contribution < -0.4 is 5.32 Å². The van der Waals surface area contributed by atoms with E-state index < -0.39 is 5.91 Å². The molecule has 0 aliphatic rings. The van der Waals surface area contributed by atoms with Crippen molar-refractivity contribution in [2.24, 2.45) is 0 Å². The number of carbonyl (C=O) groups excluding carboxylic acids is 1. The number of carbonyl (C=O) groups is 1. The molecule has 1 N–H and O–H groups in total. The first-order valence-electron chi connectivity index (χ1n) is 8.95. The lowest BCUT2D eigenvalue weighted by Crippen LogP contribution is -2.13. The van der Waals surface area contributed by atoms with Gasteiger partial charge in [0, 0.05) is 17.5 Å². The molecule has 2 heterocycles. The molecule has 30 heavy (non-hydrogen) atoms. The zero-order valence-corrected chi connectivity index (χ0v) is 16.4. The van der Waals surface area contributed by atoms with Crippen LogP contribution in [0.1, 0.15) is 16.1 Å². The van der Waals surface area contributed by atoms with Gasteiger partial charge in [0.1, 0.15) is 17.5 Å². The second-order valence-electron chi connectivity index (χ2n) is 6.34. The molecule has 0 saturated carbocycles. The molecule has 0 aliphatic heterocycles. The molecule has 146 valence electrons. The van der Waals surface area contributed by atoms with Crippen LogP contribution in [0.25, 0.3) is 17.1 Å². The van der Waals surface area contributed by atoms with E-state index in [0.717, 1.165) is 16.0 Å². The molecule has 0 bridgehead atoms. The third-order valence-electron chi connectivity index (χ3n) is 4.19. The zero-order valence-electron chi connectivity index (χ0n) is 15.5. The number of nitrogens with zero attached hydrogens (tertiary/aromatic N) is 4. The summed E-state index contributed by atoms with van der Waals surface area (Å²) in [6.45, 7) is 0. The Labute approximate surface area is 175 Å². The second-order valence-corrected chi connectivity index (χ2v) is 7.46. The summed E-state index contributed by atoms with van der Waals surface area (Å²) in [5, 5.41) is 12.4. The standard InChI is InChI=1S/C22H14FN5OS/c23-16-7-5-14(6-8-16)9-18-13-26-22(30-18)28-21(29)15(11-24)10-17-12-25-19-3-1-2-4-20(19)27-17/h1-8,10,12-13H,9H2,(H,26,28,29). The minimum atomic E-state index is -0.574. The van der Waals surface area contributed by atoms with Gasteiger partial charge in [0.05, 0.1) is 22.9 Å². The first kappa shape index (κ1) is 19.4. The van der Waals surface area contributed by atoms with Gasteiger partial charge in [0.2, 0.25) is 0 Å². The summed E-state index contributed by atoms with van der Waals surface area (Å²) in [6, 6.07) is 15.4. The van der Waals surface area contributed by atoms with Crippen molar-refractivity contribution in [2.45, 2.75) is 6.42 Å². The Morgan fingerprint density at radius 1 is 1.10 bits per heavy atom. The van der Waals surface area contributed by atoms with E-state index in [-0.39, 0.29) is 11.4 Å². The van der Waals surface area contributed by atoms with E-state index in [9.17, 15) is 14.4 Å². The molecular formula is C22H14FN5OS. The molecule has 0 aliphatic carbocycles. The van der Waals surface area contributed by atoms with Crippen LogP contribution in [0.4, 0.5) is 9.52 Å². The molecule has 0 radical (unpaired) electrons. The highest BCUT2D eigenvalue weighted by Crippen LogP contribution is 2.22. The van der Waals surface area contributed by atoms with Crippen molar-refractivity contribution in [3.63, 3.8) is 0 Å². The van der Waals surface area contributed by atoms with Crippen LogP contribution in [0, 0.1) is 17.1 Å². The van der Waals surface area contributed by atoms with Gasteiger partial charge < -0.3 is 0 Å². The van der Waals surface area contributed by atoms with Gasteiger partial charge in [0.25, 0.3) is 5.91 Å². The average Bonchev–Trinajstić information content (AvgIpc) is 3.20. The summed E-state index contributed by atoms with van der Waals surface area (Å²) < 4.78 is 13.0. The van der Waals surface area contributed by atoms with Gasteiger partial charge in [-0.2, -0.15) is 5.26 Å². The maximum Gasteiger partial charge on any atom is 0.268 e. The molecule has 4 rings (SSSR count). The number of benzene rings is 2. The molecule has 0 saturated heterocycles. The highest BCUT2D eigenvalue weighted by Gasteiger charge is 2.13. The topological polar surface area (TPSA) is 91.6 Å². The Bertz CT molecular complexity index is 1290. The molecule has 1 amide bonds. The molecule has 0 spiro atoms. The number of aromatic nitrogens is 3. The fraction of sp³-hybridized carbons (Fsp3) is 0.0455. The minimum Gasteiger partial charge on any atom is -0.297 e. The third kappa shape index (κ3) is 4.54. The lowest BCUT2D eigenvalue weighted by molar-refractivity contribution is -0.112. The molecule has 2 aromatic heterocycles. The number of nitriles is 1. The van der Waals surface area contributed by atoms with Crippen molar-refractivity contribution in [2.75, 3.05) is 5.32 Å². The lowest BCUT2D eigenvalue weighted by atomic mass is 10.1. The maximum absolute atomic E-state index is 13.0. The van der Waals surface area contributed by atoms with Crippen LogP contribution in [0.5, 0.6) is 0 Å². The highest BCUT2D eigenvalue weighted by atomic mass is 32.1. The molecule has 0 fully saturated rings. The Hall–Kier alpha value is -3.96. The zero-order chi connectivity index (χ0) is 20.9. The van der Waals surface area contributed by atoms with E-state index in [4.69, 9.17) is 0 Å². The Balaban J connectivity index is 1.47. The predicted molar refractivity (Wildman–Crippen MR) is 113 cm³/mol. The van der Waals surface area contributed by atoms with E-state index in [1.807, 2.05) is 30.3 Å². The molecular weight excluding hydrogens is 401 g/mol. The Morgan fingerprint density at radius 2 is 1.87 bits per heavy atom. The minimum absolute atomic E-state index is 0.102. The largest absolute Gasteiger partial charge is 0.297 e. The van der Waals surface area contributed by atoms with Crippen molar-refractivity contribution in [1.82, 2.24) is 15.0 Å². The van der Waals surface area contributed by atoms with Crippen LogP contribution in [0.2, 0.25) is 0 Å². The molecule has 0 atom stereocenters. The molecule has 2 aromatic carbocycles. The monoisotopic (exact) mass is 415 g/mol. The molecule has 4 aromatic rings. The van der Waals surface area contributed by atoms with Crippen LogP contribution >= 0.6 is 11.3 Å². The van der Waals surface area contributed by atoms with Crippen LogP contribution in [-0.2, 0) is 11.2 Å². The van der Waals surface area contributed by atoms with Crippen molar-refractivity contribution in [3.8, 4) is 6.07 Å². The number of hydrogen-bond acceptors (Lipinski definition) is 6. The van der Waals surface area contributed by atoms with E-state index in [0.29, 0.717) is 22.8 Å². The molecule has 8 heteroatoms. The second kappa shape index (κ2) is 8.59. The summed E-state index contributed by atoms with van der Waals surface area (Å²) in [5.41, 5.74) is 2.65. The van der Waals surface area contributed by atoms with Gasteiger partial charge in [-0.1, -0.05) is 24.3 Å². The van der Waals surface area contributed by atoms with Crippen molar-refractivity contribution in [1.29, 1.82) is 5.26 Å². The normalized spacial score (nSPS) is 11.3. The number of hydrogen-bond donors (Lipinski definition) is 1. The fourth-order valence-electron chi connectivity index (χ4n) is 2.75. The first-order chi connectivity index (χ1) is 14.6. The molecule has 6 nitrogen and oxygen atoms in total. The number of thiazole rings is 1. The van der Waals surface area contributed by atoms with E-state index in [1.54, 1.807) is 18.3 Å². The third-order valence-corrected chi connectivity index (χ3v) is 5.10. The summed E-state index contributed by atoms with van der Waals surface area (Å²) in [7, 11) is 0. The summed E-state index contributed by atoms with van der Waals surface area (Å²) in [6.07, 6.45) is 5.12. The summed E-state index contributed by atoms with van der Waals surface area (Å²) in [5.74, 6) is -0.863. The number of rotatable bonds is 5. The van der Waals surface area contributed by atoms with Crippen LogP contribution in [0.3, 0.4) is 0 Å². The van der Waals surface area contributed by atoms with Gasteiger partial charge in [-0.15, -0.1) is 11.3 Å². The van der Waals surface area contributed by atoms with E-state index in [2.05, 4.69) is 20.3 Å². The van der Waals surface area contributed by atoms with Gasteiger partial charge in [0.15, 0.2) is 5.13 Å². The fourth-order valence-corrected chi connectivity index (χ4v) is 3.59. The van der Waals surface area contributed by atoms with E-state index >= 15 is 0 Å². The predicted octanol–water partition coefficient (Wildman–Crippen LogP) is 4.36. The van der Waals surface area contributed by atoms with Crippen LogP contribution in [-0.4, -0.2) is 20.9 Å². The Morgan fingerprint density at radius 3 is 2.63 bits per heavy atom. The number of fused-ring (bicyclic) bond motifs is 1. The number of nitrogens with one attached hydrogen (secondary N) is 1. The Kier molecular flexibility index (Phi) is 5.54. The average molecular weight is 415 g/mol. The van der Waals surface area contributed by atoms with Gasteiger partial charge in [-0.25, -0.2) is 14.4 Å². The quantitative estimate of drug-likeness (QED) is 0.386. The summed E-state index contributed by atoms with van der Waals surface area (Å²) >= 11 is 1.29. The van der Waals surface area contributed by atoms with Gasteiger partial charge in [-0.05, 0) is 35.9 Å². The molecule has 0 unspecified atom stereocenters. The SMILES string of the molecule is N#CC(=Cc1cnc2ccccc2n1)C(=O)Nc1ncc(Cc2ccc(F)cc2)s1. The highest BCUT2D eigenvalue weighted by molar-refractivity contribution is 7.15. The van der Waals surface area contributed by atoms with Gasteiger partial charge >= 0.3 is 0 Å². The van der Waals surface area contributed by atoms with Crippen molar-refractivity contribution in [3.05, 3.63) is 88.4 Å². The van der Waals surface area contributed by atoms with Crippen LogP contribution in [0.15, 0.2) is 66.5 Å². The van der Waals surface area contributed by atoms with Gasteiger partial charge in [-0.3, -0.25) is 15.1 Å². The first-order valence-corrected chi connectivity index (χ1v) is 9.76. The smallest absolute Gasteiger partial charge is 0.268 e. The number of halogens is 1. The number of amides is 1. The van der Waals surface area contributed by atoms with Crippen molar-refractivity contribution >= 4 is 39.5 Å². The maximum atomic E-state index is 13.0.